The maximum atomic E-state index is 13.6. The van der Waals surface area contributed by atoms with E-state index in [0.29, 0.717) is 0 Å². The lowest BCUT2D eigenvalue weighted by Crippen LogP contribution is -2.23. The summed E-state index contributed by atoms with van der Waals surface area (Å²) in [7, 11) is 1.83. The fraction of sp³-hybridized carbons (Fsp3) is 0.294. The number of aryl methyl sites for hydroxylation is 2. The fourth-order valence-electron chi connectivity index (χ4n) is 2.32. The van der Waals surface area contributed by atoms with Gasteiger partial charge in [0.25, 0.3) is 0 Å². The van der Waals surface area contributed by atoms with Gasteiger partial charge in [-0.3, -0.25) is 0 Å². The minimum atomic E-state index is -0.690. The van der Waals surface area contributed by atoms with Crippen molar-refractivity contribution in [3.8, 4) is 5.75 Å². The second kappa shape index (κ2) is 6.68. The molecular weight excluding hydrogens is 272 g/mol. The molecule has 1 unspecified atom stereocenters. The number of halogens is 2. The van der Waals surface area contributed by atoms with Crippen molar-refractivity contribution in [2.75, 3.05) is 13.7 Å². The minimum Gasteiger partial charge on any atom is -0.489 e. The average Bonchev–Trinajstić information content (AvgIpc) is 2.40. The first-order valence-corrected chi connectivity index (χ1v) is 6.83. The molecule has 1 N–H and O–H groups in total. The van der Waals surface area contributed by atoms with Crippen LogP contribution < -0.4 is 10.1 Å². The van der Waals surface area contributed by atoms with E-state index >= 15 is 0 Å². The number of hydrogen-bond acceptors (Lipinski definition) is 2. The Morgan fingerprint density at radius 2 is 1.71 bits per heavy atom. The largest absolute Gasteiger partial charge is 0.489 e. The molecule has 2 rings (SSSR count). The van der Waals surface area contributed by atoms with E-state index in [1.54, 1.807) is 0 Å². The van der Waals surface area contributed by atoms with Gasteiger partial charge in [-0.25, -0.2) is 8.78 Å². The molecule has 0 amide bonds. The predicted octanol–water partition coefficient (Wildman–Crippen LogP) is 3.92. The van der Waals surface area contributed by atoms with E-state index in [4.69, 9.17) is 4.74 Å². The van der Waals surface area contributed by atoms with Crippen molar-refractivity contribution in [3.63, 3.8) is 0 Å². The Hall–Kier alpha value is -1.94. The van der Waals surface area contributed by atoms with Gasteiger partial charge in [-0.1, -0.05) is 29.3 Å². The third kappa shape index (κ3) is 4.02. The molecule has 21 heavy (non-hydrogen) atoms. The molecule has 0 radical (unpaired) electrons. The van der Waals surface area contributed by atoms with Gasteiger partial charge in [0, 0.05) is 6.07 Å². The average molecular weight is 291 g/mol. The molecule has 1 atom stereocenters. The van der Waals surface area contributed by atoms with Gasteiger partial charge in [0.15, 0.2) is 11.6 Å². The highest BCUT2D eigenvalue weighted by atomic mass is 19.1. The first-order valence-electron chi connectivity index (χ1n) is 6.83. The van der Waals surface area contributed by atoms with Crippen molar-refractivity contribution in [3.05, 3.63) is 64.7 Å². The van der Waals surface area contributed by atoms with Crippen LogP contribution in [0.4, 0.5) is 8.78 Å². The Morgan fingerprint density at radius 3 is 2.29 bits per heavy atom. The summed E-state index contributed by atoms with van der Waals surface area (Å²) in [6.45, 7) is 4.33. The van der Waals surface area contributed by atoms with Gasteiger partial charge in [-0.05, 0) is 38.6 Å². The zero-order valence-corrected chi connectivity index (χ0v) is 12.4. The Bertz CT molecular complexity index is 608. The Kier molecular flexibility index (Phi) is 4.91. The van der Waals surface area contributed by atoms with Gasteiger partial charge in [0.05, 0.1) is 6.04 Å². The van der Waals surface area contributed by atoms with Crippen molar-refractivity contribution in [2.45, 2.75) is 19.9 Å². The highest BCUT2D eigenvalue weighted by Crippen LogP contribution is 2.21. The first-order chi connectivity index (χ1) is 9.99. The predicted molar refractivity (Wildman–Crippen MR) is 79.6 cm³/mol. The van der Waals surface area contributed by atoms with Crippen LogP contribution in [0.5, 0.6) is 5.75 Å². The normalized spacial score (nSPS) is 12.2. The van der Waals surface area contributed by atoms with Crippen molar-refractivity contribution in [2.24, 2.45) is 0 Å². The molecule has 0 fully saturated rings. The smallest absolute Gasteiger partial charge is 0.167 e. The van der Waals surface area contributed by atoms with E-state index in [1.807, 2.05) is 20.9 Å². The molecule has 2 aromatic carbocycles. The lowest BCUT2D eigenvalue weighted by atomic mass is 10.0. The van der Waals surface area contributed by atoms with Gasteiger partial charge in [-0.15, -0.1) is 0 Å². The second-order valence-corrected chi connectivity index (χ2v) is 5.15. The molecule has 0 heterocycles. The number of hydrogen-bond donors (Lipinski definition) is 1. The van der Waals surface area contributed by atoms with Crippen molar-refractivity contribution in [1.82, 2.24) is 5.32 Å². The molecule has 0 spiro atoms. The molecule has 0 aliphatic carbocycles. The SMILES string of the molecule is CNC(COc1ccc(F)cc1F)c1cc(C)cc(C)c1. The van der Waals surface area contributed by atoms with Gasteiger partial charge < -0.3 is 10.1 Å². The number of ether oxygens (including phenoxy) is 1. The van der Waals surface area contributed by atoms with Crippen LogP contribution in [0.3, 0.4) is 0 Å². The summed E-state index contributed by atoms with van der Waals surface area (Å²) in [6.07, 6.45) is 0. The summed E-state index contributed by atoms with van der Waals surface area (Å²) in [5.41, 5.74) is 3.41. The van der Waals surface area contributed by atoms with E-state index in [0.717, 1.165) is 11.6 Å². The Balaban J connectivity index is 2.12. The molecule has 0 aromatic heterocycles. The van der Waals surface area contributed by atoms with Crippen molar-refractivity contribution < 1.29 is 13.5 Å². The van der Waals surface area contributed by atoms with Crippen molar-refractivity contribution >= 4 is 0 Å². The highest BCUT2D eigenvalue weighted by molar-refractivity contribution is 5.31. The second-order valence-electron chi connectivity index (χ2n) is 5.15. The van der Waals surface area contributed by atoms with E-state index < -0.39 is 11.6 Å². The molecule has 2 nitrogen and oxygen atoms in total. The molecule has 4 heteroatoms. The third-order valence-corrected chi connectivity index (χ3v) is 3.29. The van der Waals surface area contributed by atoms with E-state index in [2.05, 4.69) is 23.5 Å². The van der Waals surface area contributed by atoms with E-state index in [1.165, 1.54) is 23.3 Å². The summed E-state index contributed by atoms with van der Waals surface area (Å²) >= 11 is 0. The van der Waals surface area contributed by atoms with E-state index in [9.17, 15) is 8.78 Å². The van der Waals surface area contributed by atoms with Gasteiger partial charge in [0.1, 0.15) is 12.4 Å². The van der Waals surface area contributed by atoms with Crippen LogP contribution in [0.25, 0.3) is 0 Å². The molecule has 0 saturated carbocycles. The number of nitrogens with one attached hydrogen (secondary N) is 1. The van der Waals surface area contributed by atoms with Gasteiger partial charge in [0.2, 0.25) is 0 Å². The van der Waals surface area contributed by atoms with Gasteiger partial charge in [-0.2, -0.15) is 0 Å². The van der Waals surface area contributed by atoms with Crippen LogP contribution in [0.2, 0.25) is 0 Å². The van der Waals surface area contributed by atoms with Crippen LogP contribution in [-0.4, -0.2) is 13.7 Å². The number of likely N-dealkylation sites (N-methyl/N-ethyl adjacent to an activating group) is 1. The molecule has 0 saturated heterocycles. The minimum absolute atomic E-state index is 0.0565. The molecule has 0 aliphatic rings. The summed E-state index contributed by atoms with van der Waals surface area (Å²) in [6, 6.07) is 9.48. The third-order valence-electron chi connectivity index (χ3n) is 3.29. The lowest BCUT2D eigenvalue weighted by Gasteiger charge is -2.19. The van der Waals surface area contributed by atoms with E-state index in [-0.39, 0.29) is 18.4 Å². The fourth-order valence-corrected chi connectivity index (χ4v) is 2.32. The maximum absolute atomic E-state index is 13.6. The van der Waals surface area contributed by atoms with Crippen LogP contribution in [0.1, 0.15) is 22.7 Å². The first kappa shape index (κ1) is 15.4. The summed E-state index contributed by atoms with van der Waals surface area (Å²) in [5, 5.41) is 3.15. The standard InChI is InChI=1S/C17H19F2NO/c1-11-6-12(2)8-13(7-11)16(20-3)10-21-17-5-4-14(18)9-15(17)19/h4-9,16,20H,10H2,1-3H3. The topological polar surface area (TPSA) is 21.3 Å². The van der Waals surface area contributed by atoms with Gasteiger partial charge >= 0.3 is 0 Å². The quantitative estimate of drug-likeness (QED) is 0.901. The summed E-state index contributed by atoms with van der Waals surface area (Å²) < 4.78 is 31.9. The van der Waals surface area contributed by atoms with Crippen molar-refractivity contribution in [1.29, 1.82) is 0 Å². The Labute approximate surface area is 123 Å². The molecule has 2 aromatic rings. The summed E-state index contributed by atoms with van der Waals surface area (Å²) in [4.78, 5) is 0. The molecule has 0 bridgehead atoms. The Morgan fingerprint density at radius 1 is 1.05 bits per heavy atom. The zero-order valence-electron chi connectivity index (χ0n) is 12.4. The van der Waals surface area contributed by atoms with Crippen LogP contribution >= 0.6 is 0 Å². The number of rotatable bonds is 5. The molecular formula is C17H19F2NO. The summed E-state index contributed by atoms with van der Waals surface area (Å²) in [5.74, 6) is -1.24. The maximum Gasteiger partial charge on any atom is 0.167 e. The van der Waals surface area contributed by atoms with Crippen LogP contribution in [0, 0.1) is 25.5 Å². The van der Waals surface area contributed by atoms with Crippen LogP contribution in [0.15, 0.2) is 36.4 Å². The number of benzene rings is 2. The zero-order chi connectivity index (χ0) is 15.4. The monoisotopic (exact) mass is 291 g/mol. The molecule has 112 valence electrons. The van der Waals surface area contributed by atoms with Crippen LogP contribution in [-0.2, 0) is 0 Å². The lowest BCUT2D eigenvalue weighted by molar-refractivity contribution is 0.261. The molecule has 0 aliphatic heterocycles. The highest BCUT2D eigenvalue weighted by Gasteiger charge is 2.13.